The second kappa shape index (κ2) is 7.70. The number of anilines is 2. The van der Waals surface area contributed by atoms with E-state index >= 15 is 0 Å². The van der Waals surface area contributed by atoms with Crippen LogP contribution in [0.15, 0.2) is 66.1 Å². The summed E-state index contributed by atoms with van der Waals surface area (Å²) in [5, 5.41) is 4.75. The summed E-state index contributed by atoms with van der Waals surface area (Å²) in [6, 6.07) is 16.4. The van der Waals surface area contributed by atoms with Crippen LogP contribution in [0.25, 0.3) is 6.08 Å². The molecule has 28 heavy (non-hydrogen) atoms. The summed E-state index contributed by atoms with van der Waals surface area (Å²) in [6.45, 7) is 2.43. The van der Waals surface area contributed by atoms with E-state index < -0.39 is 0 Å². The van der Waals surface area contributed by atoms with Crippen molar-refractivity contribution in [2.45, 2.75) is 6.92 Å². The number of fused-ring (bicyclic) bond motifs is 2. The summed E-state index contributed by atoms with van der Waals surface area (Å²) in [5.41, 5.74) is 1.69. The highest BCUT2D eigenvalue weighted by atomic mass is 32.1. The molecule has 2 amide bonds. The third kappa shape index (κ3) is 3.54. The van der Waals surface area contributed by atoms with Gasteiger partial charge in [-0.05, 0) is 54.8 Å². The summed E-state index contributed by atoms with van der Waals surface area (Å²) in [5.74, 6) is 0.686. The Kier molecular flexibility index (Phi) is 4.95. The average Bonchev–Trinajstić information content (AvgIpc) is 3.19. The van der Waals surface area contributed by atoms with E-state index in [1.54, 1.807) is 40.5 Å². The molecule has 0 spiro atoms. The van der Waals surface area contributed by atoms with Crippen molar-refractivity contribution in [3.05, 3.63) is 76.5 Å². The minimum atomic E-state index is -0.258. The van der Waals surface area contributed by atoms with Gasteiger partial charge in [0.2, 0.25) is 5.91 Å². The molecule has 1 aliphatic rings. The molecular formula is C22H18N2O3S. The molecule has 5 nitrogen and oxygen atoms in total. The highest BCUT2D eigenvalue weighted by Gasteiger charge is 2.27. The van der Waals surface area contributed by atoms with Gasteiger partial charge in [-0.2, -0.15) is 0 Å². The van der Waals surface area contributed by atoms with Crippen molar-refractivity contribution >= 4 is 40.6 Å². The van der Waals surface area contributed by atoms with Crippen molar-refractivity contribution in [1.82, 2.24) is 0 Å². The lowest BCUT2D eigenvalue weighted by Gasteiger charge is -2.19. The number of nitrogens with one attached hydrogen (secondary N) is 1. The molecule has 3 aromatic rings. The van der Waals surface area contributed by atoms with Gasteiger partial charge in [0.15, 0.2) is 5.75 Å². The average molecular weight is 390 g/mol. The Hall–Kier alpha value is -3.38. The summed E-state index contributed by atoms with van der Waals surface area (Å²) >= 11 is 1.56. The molecule has 0 unspecified atom stereocenters. The highest BCUT2D eigenvalue weighted by molar-refractivity contribution is 7.10. The standard InChI is InChI=1S/C22H18N2O3S/c1-2-24-18-7-3-4-8-20(18)27-19-11-9-15(14-17(19)22(24)26)23-21(25)12-10-16-6-5-13-28-16/h3-14H,2H2,1H3,(H,23,25). The molecule has 140 valence electrons. The first-order valence-electron chi connectivity index (χ1n) is 8.91. The van der Waals surface area contributed by atoms with E-state index in [9.17, 15) is 9.59 Å². The molecule has 0 atom stereocenters. The van der Waals surface area contributed by atoms with Crippen LogP contribution in [0.4, 0.5) is 11.4 Å². The van der Waals surface area contributed by atoms with E-state index in [4.69, 9.17) is 4.74 Å². The second-order valence-corrected chi connectivity index (χ2v) is 7.15. The Morgan fingerprint density at radius 3 is 2.79 bits per heavy atom. The summed E-state index contributed by atoms with van der Waals surface area (Å²) in [4.78, 5) is 27.9. The molecule has 0 saturated carbocycles. The topological polar surface area (TPSA) is 58.6 Å². The summed E-state index contributed by atoms with van der Waals surface area (Å²) < 4.78 is 5.97. The van der Waals surface area contributed by atoms with Crippen molar-refractivity contribution in [2.75, 3.05) is 16.8 Å². The molecule has 1 N–H and O–H groups in total. The van der Waals surface area contributed by atoms with Crippen molar-refractivity contribution in [1.29, 1.82) is 0 Å². The smallest absolute Gasteiger partial charge is 0.262 e. The molecule has 2 heterocycles. The zero-order valence-electron chi connectivity index (χ0n) is 15.2. The van der Waals surface area contributed by atoms with Crippen molar-refractivity contribution in [2.24, 2.45) is 0 Å². The van der Waals surface area contributed by atoms with Crippen LogP contribution >= 0.6 is 11.3 Å². The van der Waals surface area contributed by atoms with Crippen LogP contribution in [-0.2, 0) is 4.79 Å². The molecule has 1 aliphatic heterocycles. The van der Waals surface area contributed by atoms with Gasteiger partial charge in [-0.1, -0.05) is 18.2 Å². The molecule has 0 radical (unpaired) electrons. The van der Waals surface area contributed by atoms with E-state index in [0.29, 0.717) is 29.3 Å². The van der Waals surface area contributed by atoms with E-state index in [1.165, 1.54) is 6.08 Å². The number of thiophene rings is 1. The molecule has 0 saturated heterocycles. The third-order valence-electron chi connectivity index (χ3n) is 4.36. The van der Waals surface area contributed by atoms with Crippen molar-refractivity contribution in [3.8, 4) is 11.5 Å². The number of hydrogen-bond acceptors (Lipinski definition) is 4. The van der Waals surface area contributed by atoms with Gasteiger partial charge in [0.1, 0.15) is 5.75 Å². The minimum Gasteiger partial charge on any atom is -0.454 e. The summed E-state index contributed by atoms with van der Waals surface area (Å²) in [7, 11) is 0. The number of ether oxygens (including phenoxy) is 1. The Morgan fingerprint density at radius 2 is 2.00 bits per heavy atom. The number of hydrogen-bond donors (Lipinski definition) is 1. The van der Waals surface area contributed by atoms with Gasteiger partial charge in [-0.25, -0.2) is 0 Å². The fourth-order valence-electron chi connectivity index (χ4n) is 3.05. The quantitative estimate of drug-likeness (QED) is 0.625. The summed E-state index contributed by atoms with van der Waals surface area (Å²) in [6.07, 6.45) is 3.23. The largest absolute Gasteiger partial charge is 0.454 e. The van der Waals surface area contributed by atoms with Gasteiger partial charge in [0.05, 0.1) is 11.3 Å². The predicted octanol–water partition coefficient (Wildman–Crippen LogP) is 5.17. The monoisotopic (exact) mass is 390 g/mol. The Balaban J connectivity index is 1.61. The maximum Gasteiger partial charge on any atom is 0.262 e. The lowest BCUT2D eigenvalue weighted by molar-refractivity contribution is -0.111. The molecule has 0 fully saturated rings. The molecular weight excluding hydrogens is 372 g/mol. The first-order valence-corrected chi connectivity index (χ1v) is 9.79. The van der Waals surface area contributed by atoms with Gasteiger partial charge in [0.25, 0.3) is 5.91 Å². The van der Waals surface area contributed by atoms with Gasteiger partial charge < -0.3 is 15.0 Å². The first kappa shape index (κ1) is 18.0. The predicted molar refractivity (Wildman–Crippen MR) is 112 cm³/mol. The fraction of sp³-hybridized carbons (Fsp3) is 0.0909. The van der Waals surface area contributed by atoms with E-state index in [-0.39, 0.29) is 11.8 Å². The maximum absolute atomic E-state index is 13.1. The SMILES string of the molecule is CCN1C(=O)c2cc(NC(=O)C=Cc3cccs3)ccc2Oc2ccccc21. The lowest BCUT2D eigenvalue weighted by atomic mass is 10.1. The highest BCUT2D eigenvalue weighted by Crippen LogP contribution is 2.39. The third-order valence-corrected chi connectivity index (χ3v) is 5.19. The van der Waals surface area contributed by atoms with Crippen LogP contribution in [0.3, 0.4) is 0 Å². The number of benzene rings is 2. The Labute approximate surface area is 166 Å². The van der Waals surface area contributed by atoms with Crippen LogP contribution in [0.5, 0.6) is 11.5 Å². The molecule has 0 bridgehead atoms. The Morgan fingerprint density at radius 1 is 1.14 bits per heavy atom. The second-order valence-electron chi connectivity index (χ2n) is 6.17. The molecule has 1 aromatic heterocycles. The number of carbonyl (C=O) groups is 2. The molecule has 0 aliphatic carbocycles. The fourth-order valence-corrected chi connectivity index (χ4v) is 3.66. The van der Waals surface area contributed by atoms with Crippen LogP contribution < -0.4 is 15.0 Å². The van der Waals surface area contributed by atoms with Gasteiger partial charge in [-0.3, -0.25) is 9.59 Å². The van der Waals surface area contributed by atoms with Crippen LogP contribution in [0.2, 0.25) is 0 Å². The van der Waals surface area contributed by atoms with E-state index in [2.05, 4.69) is 5.32 Å². The molecule has 4 rings (SSSR count). The van der Waals surface area contributed by atoms with Crippen LogP contribution in [-0.4, -0.2) is 18.4 Å². The molecule has 6 heteroatoms. The number of para-hydroxylation sites is 2. The normalized spacial score (nSPS) is 12.9. The van der Waals surface area contributed by atoms with Crippen LogP contribution in [0, 0.1) is 0 Å². The molecule has 2 aromatic carbocycles. The van der Waals surface area contributed by atoms with Gasteiger partial charge in [-0.15, -0.1) is 11.3 Å². The maximum atomic E-state index is 13.1. The minimum absolute atomic E-state index is 0.160. The van der Waals surface area contributed by atoms with Crippen LogP contribution in [0.1, 0.15) is 22.2 Å². The number of carbonyl (C=O) groups excluding carboxylic acids is 2. The van der Waals surface area contributed by atoms with Gasteiger partial charge >= 0.3 is 0 Å². The van der Waals surface area contributed by atoms with Gasteiger partial charge in [0, 0.05) is 23.2 Å². The zero-order valence-corrected chi connectivity index (χ0v) is 16.0. The first-order chi connectivity index (χ1) is 13.7. The number of rotatable bonds is 4. The number of nitrogens with zero attached hydrogens (tertiary/aromatic N) is 1. The Bertz CT molecular complexity index is 1060. The van der Waals surface area contributed by atoms with E-state index in [1.807, 2.05) is 48.7 Å². The lowest BCUT2D eigenvalue weighted by Crippen LogP contribution is -2.29. The number of amides is 2. The zero-order chi connectivity index (χ0) is 19.5. The van der Waals surface area contributed by atoms with Crippen molar-refractivity contribution in [3.63, 3.8) is 0 Å². The van der Waals surface area contributed by atoms with E-state index in [0.717, 1.165) is 10.6 Å². The van der Waals surface area contributed by atoms with Crippen molar-refractivity contribution < 1.29 is 14.3 Å².